The van der Waals surface area contributed by atoms with Crippen LogP contribution in [0.4, 0.5) is 4.39 Å². The number of rotatable bonds is 7. The van der Waals surface area contributed by atoms with E-state index in [-0.39, 0.29) is 33.7 Å². The summed E-state index contributed by atoms with van der Waals surface area (Å²) in [5.41, 5.74) is 2.92. The van der Waals surface area contributed by atoms with E-state index in [1.165, 1.54) is 12.1 Å². The second-order valence-electron chi connectivity index (χ2n) is 6.89. The van der Waals surface area contributed by atoms with Crippen molar-refractivity contribution in [3.63, 3.8) is 0 Å². The van der Waals surface area contributed by atoms with Gasteiger partial charge < -0.3 is 4.74 Å². The molecule has 0 amide bonds. The van der Waals surface area contributed by atoms with Crippen LogP contribution in [0.3, 0.4) is 0 Å². The fourth-order valence-corrected chi connectivity index (χ4v) is 3.73. The van der Waals surface area contributed by atoms with E-state index in [9.17, 15) is 4.39 Å². The lowest BCUT2D eigenvalue weighted by Gasteiger charge is -2.14. The molecule has 1 atom stereocenters. The number of aromatic nitrogens is 2. The second kappa shape index (κ2) is 10.6. The number of hydrogen-bond acceptors (Lipinski definition) is 4. The van der Waals surface area contributed by atoms with Gasteiger partial charge in [0.25, 0.3) is 0 Å². The van der Waals surface area contributed by atoms with Crippen molar-refractivity contribution in [2.24, 2.45) is 4.99 Å². The molecule has 9 heteroatoms. The quantitative estimate of drug-likeness (QED) is 0.255. The summed E-state index contributed by atoms with van der Waals surface area (Å²) in [7, 11) is 0. The Morgan fingerprint density at radius 1 is 1.10 bits per heavy atom. The summed E-state index contributed by atoms with van der Waals surface area (Å²) in [5.74, 6) is -0.589. The first-order valence-electron chi connectivity index (χ1n) is 9.29. The summed E-state index contributed by atoms with van der Waals surface area (Å²) in [6.45, 7) is 3.71. The van der Waals surface area contributed by atoms with Crippen LogP contribution in [0.2, 0.25) is 10.0 Å². The van der Waals surface area contributed by atoms with Gasteiger partial charge in [0.1, 0.15) is 5.17 Å². The lowest BCUT2D eigenvalue weighted by atomic mass is 10.1. The van der Waals surface area contributed by atoms with E-state index >= 15 is 0 Å². The van der Waals surface area contributed by atoms with Crippen molar-refractivity contribution in [2.75, 3.05) is 5.88 Å². The lowest BCUT2D eigenvalue weighted by Crippen LogP contribution is -2.14. The molecular formula is C22H18Cl4FN3O. The fraction of sp³-hybridized carbons (Fsp3) is 0.227. The van der Waals surface area contributed by atoms with Gasteiger partial charge in [-0.25, -0.2) is 4.39 Å². The zero-order valence-corrected chi connectivity index (χ0v) is 19.7. The Morgan fingerprint density at radius 2 is 1.87 bits per heavy atom. The highest BCUT2D eigenvalue weighted by Gasteiger charge is 2.18. The number of aryl methyl sites for hydroxylation is 2. The maximum absolute atomic E-state index is 14.3. The van der Waals surface area contributed by atoms with Crippen molar-refractivity contribution in [2.45, 2.75) is 26.3 Å². The van der Waals surface area contributed by atoms with Gasteiger partial charge in [0.2, 0.25) is 5.88 Å². The molecule has 1 heterocycles. The molecule has 0 aliphatic rings. The van der Waals surface area contributed by atoms with Crippen LogP contribution in [0.5, 0.6) is 11.6 Å². The molecule has 0 saturated carbocycles. The molecule has 0 bridgehead atoms. The first-order valence-corrected chi connectivity index (χ1v) is 11.0. The summed E-state index contributed by atoms with van der Waals surface area (Å²) in [6, 6.07) is 11.5. The Labute approximate surface area is 200 Å². The van der Waals surface area contributed by atoms with Crippen LogP contribution in [-0.4, -0.2) is 27.3 Å². The summed E-state index contributed by atoms with van der Waals surface area (Å²) in [5, 5.41) is 8.66. The van der Waals surface area contributed by atoms with Crippen molar-refractivity contribution < 1.29 is 9.13 Å². The van der Waals surface area contributed by atoms with Gasteiger partial charge in [-0.15, -0.1) is 16.7 Å². The van der Waals surface area contributed by atoms with E-state index in [2.05, 4.69) is 15.2 Å². The molecular weight excluding hydrogens is 483 g/mol. The van der Waals surface area contributed by atoms with Crippen molar-refractivity contribution in [1.29, 1.82) is 0 Å². The SMILES string of the molecule is Cc1ccc(C[C@@H](CCl)N=C(Cl)c2cc(C)nnc2Oc2cccc(Cl)c2F)c(Cl)c1. The van der Waals surface area contributed by atoms with E-state index < -0.39 is 5.82 Å². The predicted molar refractivity (Wildman–Crippen MR) is 125 cm³/mol. The lowest BCUT2D eigenvalue weighted by molar-refractivity contribution is 0.420. The molecule has 4 nitrogen and oxygen atoms in total. The minimum atomic E-state index is -0.710. The van der Waals surface area contributed by atoms with Crippen molar-refractivity contribution in [1.82, 2.24) is 10.2 Å². The average molecular weight is 501 g/mol. The summed E-state index contributed by atoms with van der Waals surface area (Å²) >= 11 is 24.8. The number of nitrogens with zero attached hydrogens (tertiary/aromatic N) is 3. The van der Waals surface area contributed by atoms with Gasteiger partial charge >= 0.3 is 0 Å². The third-order valence-electron chi connectivity index (χ3n) is 4.37. The van der Waals surface area contributed by atoms with Gasteiger partial charge in [0, 0.05) is 10.9 Å². The van der Waals surface area contributed by atoms with E-state index in [0.29, 0.717) is 22.7 Å². The number of ether oxygens (including phenoxy) is 1. The third kappa shape index (κ3) is 6.07. The molecule has 0 aliphatic heterocycles. The monoisotopic (exact) mass is 499 g/mol. The van der Waals surface area contributed by atoms with Gasteiger partial charge in [-0.3, -0.25) is 4.99 Å². The topological polar surface area (TPSA) is 47.4 Å². The Kier molecular flexibility index (Phi) is 8.11. The minimum Gasteiger partial charge on any atom is -0.434 e. The molecule has 0 N–H and O–H groups in total. The maximum atomic E-state index is 14.3. The van der Waals surface area contributed by atoms with Crippen LogP contribution in [0.25, 0.3) is 0 Å². The Morgan fingerprint density at radius 3 is 2.58 bits per heavy atom. The highest BCUT2D eigenvalue weighted by atomic mass is 35.5. The number of benzene rings is 2. The van der Waals surface area contributed by atoms with Crippen LogP contribution in [0.1, 0.15) is 22.4 Å². The second-order valence-corrected chi connectivity index (χ2v) is 8.37. The fourth-order valence-electron chi connectivity index (χ4n) is 2.80. The smallest absolute Gasteiger partial charge is 0.249 e. The molecule has 3 aromatic rings. The van der Waals surface area contributed by atoms with Crippen LogP contribution in [0, 0.1) is 19.7 Å². The standard InChI is InChI=1S/C22H18Cl4FN3O/c1-12-6-7-14(18(25)8-12)10-15(11-23)28-21(26)16-9-13(2)29-30-22(16)31-19-5-3-4-17(24)20(19)27/h3-9,15H,10-11H2,1-2H3/t15-/m0/s1. The van der Waals surface area contributed by atoms with Gasteiger partial charge in [-0.05, 0) is 55.7 Å². The molecule has 31 heavy (non-hydrogen) atoms. The molecule has 2 aromatic carbocycles. The van der Waals surface area contributed by atoms with Gasteiger partial charge in [0.05, 0.1) is 22.3 Å². The van der Waals surface area contributed by atoms with Crippen LogP contribution >= 0.6 is 46.4 Å². The zero-order chi connectivity index (χ0) is 22.5. The average Bonchev–Trinajstić information content (AvgIpc) is 2.73. The predicted octanol–water partition coefficient (Wildman–Crippen LogP) is 7.17. The maximum Gasteiger partial charge on any atom is 0.249 e. The minimum absolute atomic E-state index is 0.00204. The number of halogens is 5. The molecule has 3 rings (SSSR count). The van der Waals surface area contributed by atoms with Gasteiger partial charge in [0.15, 0.2) is 11.6 Å². The number of hydrogen-bond donors (Lipinski definition) is 0. The molecule has 0 radical (unpaired) electrons. The highest BCUT2D eigenvalue weighted by molar-refractivity contribution is 6.69. The van der Waals surface area contributed by atoms with Crippen molar-refractivity contribution >= 4 is 51.6 Å². The molecule has 0 fully saturated rings. The van der Waals surface area contributed by atoms with Crippen LogP contribution in [0.15, 0.2) is 47.5 Å². The first kappa shape index (κ1) is 23.7. The molecule has 1 aromatic heterocycles. The third-order valence-corrected chi connectivity index (χ3v) is 5.67. The normalized spacial score (nSPS) is 12.7. The molecule has 0 spiro atoms. The van der Waals surface area contributed by atoms with Crippen molar-refractivity contribution in [3.05, 3.63) is 80.7 Å². The van der Waals surface area contributed by atoms with Gasteiger partial charge in [-0.2, -0.15) is 5.10 Å². The number of aliphatic imine (C=N–C) groups is 1. The van der Waals surface area contributed by atoms with E-state index in [0.717, 1.165) is 11.1 Å². The van der Waals surface area contributed by atoms with E-state index in [1.807, 2.05) is 25.1 Å². The number of alkyl halides is 1. The summed E-state index contributed by atoms with van der Waals surface area (Å²) in [4.78, 5) is 4.53. The van der Waals surface area contributed by atoms with Crippen LogP contribution in [-0.2, 0) is 6.42 Å². The molecule has 0 unspecified atom stereocenters. The van der Waals surface area contributed by atoms with Crippen LogP contribution < -0.4 is 4.74 Å². The van der Waals surface area contributed by atoms with Gasteiger partial charge in [-0.1, -0.05) is 53.0 Å². The summed E-state index contributed by atoms with van der Waals surface area (Å²) < 4.78 is 19.9. The Hall–Kier alpha value is -1.92. The largest absolute Gasteiger partial charge is 0.434 e. The zero-order valence-electron chi connectivity index (χ0n) is 16.7. The Bertz CT molecular complexity index is 1120. The molecule has 0 aliphatic carbocycles. The van der Waals surface area contributed by atoms with E-state index in [4.69, 9.17) is 51.1 Å². The summed E-state index contributed by atoms with van der Waals surface area (Å²) in [6.07, 6.45) is 0.495. The molecule has 162 valence electrons. The Balaban J connectivity index is 1.91. The first-order chi connectivity index (χ1) is 14.8. The van der Waals surface area contributed by atoms with E-state index in [1.54, 1.807) is 19.1 Å². The molecule has 0 saturated heterocycles. The van der Waals surface area contributed by atoms with Crippen molar-refractivity contribution in [3.8, 4) is 11.6 Å². The highest BCUT2D eigenvalue weighted by Crippen LogP contribution is 2.30.